The lowest BCUT2D eigenvalue weighted by molar-refractivity contribution is 0.144. The first-order valence-corrected chi connectivity index (χ1v) is 6.17. The maximum absolute atomic E-state index is 5.26. The highest BCUT2D eigenvalue weighted by atomic mass is 16.5. The first kappa shape index (κ1) is 14.9. The van der Waals surface area contributed by atoms with Crippen LogP contribution in [0.25, 0.3) is 0 Å². The molecule has 1 N–H and O–H groups in total. The van der Waals surface area contributed by atoms with E-state index in [2.05, 4.69) is 31.1 Å². The van der Waals surface area contributed by atoms with E-state index in [-0.39, 0.29) is 0 Å². The molecule has 0 heterocycles. The Morgan fingerprint density at radius 1 is 1.20 bits per heavy atom. The van der Waals surface area contributed by atoms with Crippen LogP contribution in [0, 0.1) is 0 Å². The Bertz CT molecular complexity index is 129. The lowest BCUT2D eigenvalue weighted by Crippen LogP contribution is -2.29. The summed E-state index contributed by atoms with van der Waals surface area (Å²) in [6.45, 7) is 11.6. The monoisotopic (exact) mass is 216 g/mol. The molecular weight excluding hydrogens is 188 g/mol. The third-order valence-corrected chi connectivity index (χ3v) is 2.59. The van der Waals surface area contributed by atoms with E-state index in [0.717, 1.165) is 32.7 Å². The van der Waals surface area contributed by atoms with E-state index in [0.29, 0.717) is 6.04 Å². The molecule has 0 aromatic rings. The van der Waals surface area contributed by atoms with Crippen LogP contribution in [0.15, 0.2) is 0 Å². The zero-order valence-electron chi connectivity index (χ0n) is 10.9. The molecule has 0 spiro atoms. The second-order valence-electron chi connectivity index (χ2n) is 4.23. The zero-order chi connectivity index (χ0) is 11.5. The molecule has 0 aromatic carbocycles. The van der Waals surface area contributed by atoms with Gasteiger partial charge in [-0.1, -0.05) is 0 Å². The molecule has 3 nitrogen and oxygen atoms in total. The molecule has 0 fully saturated rings. The largest absolute Gasteiger partial charge is 0.382 e. The Morgan fingerprint density at radius 3 is 2.47 bits per heavy atom. The van der Waals surface area contributed by atoms with Crippen LogP contribution in [-0.4, -0.2) is 50.8 Å². The minimum absolute atomic E-state index is 0.656. The highest BCUT2D eigenvalue weighted by molar-refractivity contribution is 4.58. The number of ether oxygens (including phenoxy) is 1. The second kappa shape index (κ2) is 10.4. The highest BCUT2D eigenvalue weighted by Gasteiger charge is 2.01. The molecule has 0 atom stereocenters. The molecule has 0 aliphatic carbocycles. The van der Waals surface area contributed by atoms with Crippen LogP contribution in [0.3, 0.4) is 0 Å². The third kappa shape index (κ3) is 10.2. The van der Waals surface area contributed by atoms with Gasteiger partial charge in [-0.15, -0.1) is 0 Å². The van der Waals surface area contributed by atoms with Gasteiger partial charge in [0.15, 0.2) is 0 Å². The predicted octanol–water partition coefficient (Wildman–Crippen LogP) is 1.73. The summed E-state index contributed by atoms with van der Waals surface area (Å²) >= 11 is 0. The minimum atomic E-state index is 0.656. The van der Waals surface area contributed by atoms with Crippen molar-refractivity contribution in [1.82, 2.24) is 10.2 Å². The van der Waals surface area contributed by atoms with Gasteiger partial charge < -0.3 is 15.0 Å². The quantitative estimate of drug-likeness (QED) is 0.563. The molecule has 0 aliphatic heterocycles. The molecule has 0 bridgehead atoms. The Labute approximate surface area is 95.2 Å². The molecule has 0 aliphatic rings. The van der Waals surface area contributed by atoms with E-state index in [1.807, 2.05) is 6.92 Å². The highest BCUT2D eigenvalue weighted by Crippen LogP contribution is 1.94. The van der Waals surface area contributed by atoms with Crippen LogP contribution in [0.2, 0.25) is 0 Å². The van der Waals surface area contributed by atoms with E-state index in [1.54, 1.807) is 0 Å². The van der Waals surface area contributed by atoms with E-state index in [9.17, 15) is 0 Å². The summed E-state index contributed by atoms with van der Waals surface area (Å²) in [6.07, 6.45) is 2.34. The van der Waals surface area contributed by atoms with E-state index >= 15 is 0 Å². The van der Waals surface area contributed by atoms with Crippen molar-refractivity contribution >= 4 is 0 Å². The summed E-state index contributed by atoms with van der Waals surface area (Å²) in [7, 11) is 2.18. The van der Waals surface area contributed by atoms with Crippen LogP contribution in [0.4, 0.5) is 0 Å². The van der Waals surface area contributed by atoms with Crippen molar-refractivity contribution in [3.63, 3.8) is 0 Å². The van der Waals surface area contributed by atoms with Crippen molar-refractivity contribution in [2.24, 2.45) is 0 Å². The second-order valence-corrected chi connectivity index (χ2v) is 4.23. The number of hydrogen-bond donors (Lipinski definition) is 1. The Kier molecular flexibility index (Phi) is 10.3. The van der Waals surface area contributed by atoms with Gasteiger partial charge in [0.1, 0.15) is 0 Å². The van der Waals surface area contributed by atoms with Gasteiger partial charge in [-0.3, -0.25) is 0 Å². The Balaban J connectivity index is 3.05. The SMILES string of the molecule is CCOCCCNCCCN(C)C(C)C. The molecule has 92 valence electrons. The van der Waals surface area contributed by atoms with Crippen LogP contribution < -0.4 is 5.32 Å². The third-order valence-electron chi connectivity index (χ3n) is 2.59. The molecule has 0 saturated heterocycles. The zero-order valence-corrected chi connectivity index (χ0v) is 10.9. The first-order chi connectivity index (χ1) is 7.18. The fourth-order valence-corrected chi connectivity index (χ4v) is 1.28. The lowest BCUT2D eigenvalue weighted by atomic mass is 10.3. The van der Waals surface area contributed by atoms with Gasteiger partial charge in [0.2, 0.25) is 0 Å². The Morgan fingerprint density at radius 2 is 1.87 bits per heavy atom. The van der Waals surface area contributed by atoms with Crippen molar-refractivity contribution in [1.29, 1.82) is 0 Å². The maximum atomic E-state index is 5.26. The molecular formula is C12H28N2O. The van der Waals surface area contributed by atoms with Gasteiger partial charge >= 0.3 is 0 Å². The van der Waals surface area contributed by atoms with Gasteiger partial charge in [0.05, 0.1) is 0 Å². The number of rotatable bonds is 10. The molecule has 0 saturated carbocycles. The standard InChI is InChI=1S/C12H28N2O/c1-5-15-11-7-9-13-8-6-10-14(4)12(2)3/h12-13H,5-11H2,1-4H3. The smallest absolute Gasteiger partial charge is 0.0477 e. The molecule has 0 aromatic heterocycles. The number of nitrogens with zero attached hydrogens (tertiary/aromatic N) is 1. The topological polar surface area (TPSA) is 24.5 Å². The van der Waals surface area contributed by atoms with Gasteiger partial charge in [-0.2, -0.15) is 0 Å². The summed E-state index contributed by atoms with van der Waals surface area (Å²) < 4.78 is 5.26. The van der Waals surface area contributed by atoms with Crippen molar-refractivity contribution in [2.75, 3.05) is 39.9 Å². The minimum Gasteiger partial charge on any atom is -0.382 e. The molecule has 0 unspecified atom stereocenters. The van der Waals surface area contributed by atoms with Crippen LogP contribution in [-0.2, 0) is 4.74 Å². The summed E-state index contributed by atoms with van der Waals surface area (Å²) in [6, 6.07) is 0.656. The van der Waals surface area contributed by atoms with Gasteiger partial charge in [-0.25, -0.2) is 0 Å². The first-order valence-electron chi connectivity index (χ1n) is 6.17. The van der Waals surface area contributed by atoms with Crippen molar-refractivity contribution < 1.29 is 4.74 Å². The molecule has 3 heteroatoms. The average Bonchev–Trinajstić information content (AvgIpc) is 2.21. The van der Waals surface area contributed by atoms with E-state index in [1.165, 1.54) is 13.0 Å². The van der Waals surface area contributed by atoms with E-state index in [4.69, 9.17) is 4.74 Å². The fourth-order valence-electron chi connectivity index (χ4n) is 1.28. The van der Waals surface area contributed by atoms with Gasteiger partial charge in [0, 0.05) is 19.3 Å². The summed E-state index contributed by atoms with van der Waals surface area (Å²) in [5.41, 5.74) is 0. The Hall–Kier alpha value is -0.120. The van der Waals surface area contributed by atoms with Gasteiger partial charge in [-0.05, 0) is 60.3 Å². The van der Waals surface area contributed by atoms with Crippen molar-refractivity contribution in [3.05, 3.63) is 0 Å². The molecule has 0 amide bonds. The van der Waals surface area contributed by atoms with Gasteiger partial charge in [0.25, 0.3) is 0 Å². The van der Waals surface area contributed by atoms with E-state index < -0.39 is 0 Å². The van der Waals surface area contributed by atoms with Crippen molar-refractivity contribution in [3.8, 4) is 0 Å². The number of hydrogen-bond acceptors (Lipinski definition) is 3. The van der Waals surface area contributed by atoms with Crippen molar-refractivity contribution in [2.45, 2.75) is 39.7 Å². The van der Waals surface area contributed by atoms with Crippen LogP contribution >= 0.6 is 0 Å². The predicted molar refractivity (Wildman–Crippen MR) is 66.4 cm³/mol. The molecule has 0 rings (SSSR count). The summed E-state index contributed by atoms with van der Waals surface area (Å²) in [4.78, 5) is 2.38. The average molecular weight is 216 g/mol. The fraction of sp³-hybridized carbons (Fsp3) is 1.00. The molecule has 0 radical (unpaired) electrons. The lowest BCUT2D eigenvalue weighted by Gasteiger charge is -2.20. The maximum Gasteiger partial charge on any atom is 0.0477 e. The normalized spacial score (nSPS) is 11.6. The summed E-state index contributed by atoms with van der Waals surface area (Å²) in [5.74, 6) is 0. The molecule has 15 heavy (non-hydrogen) atoms. The van der Waals surface area contributed by atoms with Crippen LogP contribution in [0.5, 0.6) is 0 Å². The van der Waals surface area contributed by atoms with Crippen LogP contribution in [0.1, 0.15) is 33.6 Å². The number of nitrogens with one attached hydrogen (secondary N) is 1. The summed E-state index contributed by atoms with van der Waals surface area (Å²) in [5, 5.41) is 3.43.